The Kier molecular flexibility index (Phi) is 5.57. The largest absolute Gasteiger partial charge is 0.489 e. The zero-order chi connectivity index (χ0) is 20.9. The van der Waals surface area contributed by atoms with Crippen molar-refractivity contribution in [2.24, 2.45) is 0 Å². The summed E-state index contributed by atoms with van der Waals surface area (Å²) in [6.07, 6.45) is 0. The number of anilines is 1. The topological polar surface area (TPSA) is 73.2 Å². The number of carbonyl (C=O) groups is 1. The van der Waals surface area contributed by atoms with Gasteiger partial charge in [-0.3, -0.25) is 14.3 Å². The molecule has 3 aromatic carbocycles. The van der Waals surface area contributed by atoms with Gasteiger partial charge in [-0.1, -0.05) is 42.5 Å². The fourth-order valence-electron chi connectivity index (χ4n) is 3.24. The second kappa shape index (κ2) is 8.61. The Balaban J connectivity index is 1.56. The monoisotopic (exact) mass is 399 g/mol. The molecule has 0 radical (unpaired) electrons. The number of hydrogen-bond acceptors (Lipinski definition) is 4. The minimum Gasteiger partial charge on any atom is -0.489 e. The van der Waals surface area contributed by atoms with E-state index in [1.165, 1.54) is 0 Å². The normalized spacial score (nSPS) is 10.7. The smallest absolute Gasteiger partial charge is 0.280 e. The molecule has 1 amide bonds. The molecule has 4 rings (SSSR count). The van der Waals surface area contributed by atoms with Crippen LogP contribution in [0.15, 0.2) is 83.7 Å². The van der Waals surface area contributed by atoms with E-state index in [1.54, 1.807) is 22.9 Å². The number of hydrogen-bond donors (Lipinski definition) is 1. The maximum absolute atomic E-state index is 12.8. The van der Waals surface area contributed by atoms with E-state index in [0.717, 1.165) is 11.3 Å². The summed E-state index contributed by atoms with van der Waals surface area (Å²) in [5.74, 6) is 0.237. The van der Waals surface area contributed by atoms with Crippen LogP contribution in [0.25, 0.3) is 10.9 Å². The predicted molar refractivity (Wildman–Crippen MR) is 117 cm³/mol. The van der Waals surface area contributed by atoms with Crippen LogP contribution in [0.2, 0.25) is 0 Å². The Bertz CT molecular complexity index is 1250. The van der Waals surface area contributed by atoms with Gasteiger partial charge < -0.3 is 10.1 Å². The summed E-state index contributed by atoms with van der Waals surface area (Å²) >= 11 is 0. The summed E-state index contributed by atoms with van der Waals surface area (Å²) < 4.78 is 7.42. The van der Waals surface area contributed by atoms with Gasteiger partial charge in [0.05, 0.1) is 5.52 Å². The zero-order valence-corrected chi connectivity index (χ0v) is 16.5. The van der Waals surface area contributed by atoms with Gasteiger partial charge in [0.1, 0.15) is 12.4 Å². The minimum atomic E-state index is -0.533. The van der Waals surface area contributed by atoms with E-state index in [1.807, 2.05) is 67.6 Å². The van der Waals surface area contributed by atoms with E-state index in [4.69, 9.17) is 4.74 Å². The number of aromatic nitrogens is 2. The van der Waals surface area contributed by atoms with Crippen molar-refractivity contribution in [3.63, 3.8) is 0 Å². The maximum Gasteiger partial charge on any atom is 0.280 e. The van der Waals surface area contributed by atoms with Crippen LogP contribution in [0, 0.1) is 0 Å². The summed E-state index contributed by atoms with van der Waals surface area (Å²) in [6.45, 7) is 2.83. The van der Waals surface area contributed by atoms with E-state index in [0.29, 0.717) is 29.7 Å². The van der Waals surface area contributed by atoms with Crippen molar-refractivity contribution < 1.29 is 9.53 Å². The Morgan fingerprint density at radius 2 is 1.77 bits per heavy atom. The lowest BCUT2D eigenvalue weighted by Crippen LogP contribution is -2.27. The molecular formula is C24H21N3O3. The zero-order valence-electron chi connectivity index (χ0n) is 16.5. The van der Waals surface area contributed by atoms with Gasteiger partial charge in [-0.25, -0.2) is 0 Å². The molecule has 4 aromatic rings. The van der Waals surface area contributed by atoms with Crippen LogP contribution in [0.5, 0.6) is 5.75 Å². The molecule has 0 saturated carbocycles. The number of benzene rings is 3. The molecule has 30 heavy (non-hydrogen) atoms. The first kappa shape index (κ1) is 19.4. The van der Waals surface area contributed by atoms with Gasteiger partial charge in [-0.2, -0.15) is 5.10 Å². The van der Waals surface area contributed by atoms with Crippen LogP contribution in [-0.2, 0) is 13.2 Å². The number of fused-ring (bicyclic) bond motifs is 1. The van der Waals surface area contributed by atoms with E-state index in [-0.39, 0.29) is 11.1 Å². The van der Waals surface area contributed by atoms with E-state index < -0.39 is 5.91 Å². The van der Waals surface area contributed by atoms with Gasteiger partial charge in [0.15, 0.2) is 5.69 Å². The second-order valence-corrected chi connectivity index (χ2v) is 6.77. The Hall–Kier alpha value is -3.93. The first-order valence-electron chi connectivity index (χ1n) is 9.73. The molecule has 1 heterocycles. The highest BCUT2D eigenvalue weighted by atomic mass is 16.5. The molecule has 0 atom stereocenters. The molecule has 6 nitrogen and oxygen atoms in total. The average Bonchev–Trinajstić information content (AvgIpc) is 2.79. The summed E-state index contributed by atoms with van der Waals surface area (Å²) in [4.78, 5) is 25.6. The van der Waals surface area contributed by atoms with Crippen molar-refractivity contribution in [1.29, 1.82) is 0 Å². The van der Waals surface area contributed by atoms with Crippen molar-refractivity contribution >= 4 is 22.5 Å². The van der Waals surface area contributed by atoms with E-state index in [2.05, 4.69) is 10.4 Å². The first-order chi connectivity index (χ1) is 14.7. The second-order valence-electron chi connectivity index (χ2n) is 6.77. The number of carbonyl (C=O) groups excluding carboxylic acids is 1. The molecule has 150 valence electrons. The first-order valence-corrected chi connectivity index (χ1v) is 9.73. The quantitative estimate of drug-likeness (QED) is 0.526. The van der Waals surface area contributed by atoms with Crippen molar-refractivity contribution in [3.05, 3.63) is 100 Å². The number of rotatable bonds is 6. The number of nitrogens with zero attached hydrogens (tertiary/aromatic N) is 2. The van der Waals surface area contributed by atoms with Crippen LogP contribution < -0.4 is 15.5 Å². The molecule has 0 aliphatic carbocycles. The van der Waals surface area contributed by atoms with Crippen LogP contribution in [0.4, 0.5) is 5.69 Å². The third-order valence-electron chi connectivity index (χ3n) is 4.71. The number of amides is 1. The summed E-state index contributed by atoms with van der Waals surface area (Å²) in [6, 6.07) is 24.0. The highest BCUT2D eigenvalue weighted by Crippen LogP contribution is 2.16. The molecule has 0 aliphatic heterocycles. The van der Waals surface area contributed by atoms with E-state index in [9.17, 15) is 9.59 Å². The number of aryl methyl sites for hydroxylation is 1. The van der Waals surface area contributed by atoms with Gasteiger partial charge >= 0.3 is 0 Å². The summed E-state index contributed by atoms with van der Waals surface area (Å²) in [5.41, 5.74) is 1.68. The van der Waals surface area contributed by atoms with Gasteiger partial charge in [-0.15, -0.1) is 0 Å². The third-order valence-corrected chi connectivity index (χ3v) is 4.71. The van der Waals surface area contributed by atoms with Crippen molar-refractivity contribution in [2.75, 3.05) is 5.32 Å². The lowest BCUT2D eigenvalue weighted by atomic mass is 10.2. The van der Waals surface area contributed by atoms with Gasteiger partial charge in [0, 0.05) is 17.6 Å². The maximum atomic E-state index is 12.8. The van der Waals surface area contributed by atoms with Crippen molar-refractivity contribution in [1.82, 2.24) is 9.78 Å². The standard InChI is InChI=1S/C24H21N3O3/c1-2-27-21-14-7-6-13-20(21)23(28)22(26-27)24(29)25-18-10-8-9-17(15-18)16-30-19-11-4-3-5-12-19/h3-15H,2,16H2,1H3,(H,25,29). The fraction of sp³-hybridized carbons (Fsp3) is 0.125. The van der Waals surface area contributed by atoms with E-state index >= 15 is 0 Å². The highest BCUT2D eigenvalue weighted by molar-refractivity contribution is 6.04. The Labute approximate surface area is 173 Å². The average molecular weight is 399 g/mol. The van der Waals surface area contributed by atoms with Gasteiger partial charge in [0.2, 0.25) is 5.43 Å². The molecule has 0 spiro atoms. The van der Waals surface area contributed by atoms with Crippen LogP contribution >= 0.6 is 0 Å². The van der Waals surface area contributed by atoms with Crippen LogP contribution in [0.3, 0.4) is 0 Å². The summed E-state index contributed by atoms with van der Waals surface area (Å²) in [7, 11) is 0. The molecule has 0 aliphatic rings. The molecule has 0 bridgehead atoms. The van der Waals surface area contributed by atoms with Crippen LogP contribution in [0.1, 0.15) is 23.0 Å². The van der Waals surface area contributed by atoms with Crippen LogP contribution in [-0.4, -0.2) is 15.7 Å². The highest BCUT2D eigenvalue weighted by Gasteiger charge is 2.17. The molecular weight excluding hydrogens is 378 g/mol. The molecule has 0 fully saturated rings. The molecule has 0 saturated heterocycles. The molecule has 1 aromatic heterocycles. The Morgan fingerprint density at radius 1 is 1.00 bits per heavy atom. The number of para-hydroxylation sites is 2. The SMILES string of the molecule is CCn1nc(C(=O)Nc2cccc(COc3ccccc3)c2)c(=O)c2ccccc21. The van der Waals surface area contributed by atoms with Gasteiger partial charge in [-0.05, 0) is 48.9 Å². The molecule has 6 heteroatoms. The minimum absolute atomic E-state index is 0.124. The van der Waals surface area contributed by atoms with Crippen molar-refractivity contribution in [3.8, 4) is 5.75 Å². The summed E-state index contributed by atoms with van der Waals surface area (Å²) in [5, 5.41) is 7.54. The third kappa shape index (κ3) is 4.07. The number of ether oxygens (including phenoxy) is 1. The lowest BCUT2D eigenvalue weighted by molar-refractivity contribution is 0.101. The predicted octanol–water partition coefficient (Wildman–Crippen LogP) is 4.25. The van der Waals surface area contributed by atoms with Crippen molar-refractivity contribution in [2.45, 2.75) is 20.1 Å². The lowest BCUT2D eigenvalue weighted by Gasteiger charge is -2.11. The molecule has 0 unspecified atom stereocenters. The number of nitrogens with one attached hydrogen (secondary N) is 1. The fourth-order valence-corrected chi connectivity index (χ4v) is 3.24. The Morgan fingerprint density at radius 3 is 2.57 bits per heavy atom. The molecule has 1 N–H and O–H groups in total. The van der Waals surface area contributed by atoms with Gasteiger partial charge in [0.25, 0.3) is 5.91 Å².